The minimum atomic E-state index is -0.535. The first-order valence-electron chi connectivity index (χ1n) is 11.2. The van der Waals surface area contributed by atoms with E-state index in [9.17, 15) is 14.0 Å². The van der Waals surface area contributed by atoms with E-state index in [0.29, 0.717) is 44.8 Å². The van der Waals surface area contributed by atoms with Crippen molar-refractivity contribution in [2.75, 3.05) is 26.2 Å². The molecule has 2 fully saturated rings. The van der Waals surface area contributed by atoms with Crippen molar-refractivity contribution in [2.45, 2.75) is 57.7 Å². The Morgan fingerprint density at radius 3 is 2.55 bits per heavy atom. The normalized spacial score (nSPS) is 19.9. The van der Waals surface area contributed by atoms with E-state index < -0.39 is 11.4 Å². The second-order valence-corrected chi connectivity index (χ2v) is 9.93. The van der Waals surface area contributed by atoms with Gasteiger partial charge in [0.1, 0.15) is 5.60 Å². The average Bonchev–Trinajstić information content (AvgIpc) is 3.18. The van der Waals surface area contributed by atoms with Crippen LogP contribution in [0.1, 0.15) is 52.1 Å². The predicted octanol–water partition coefficient (Wildman–Crippen LogP) is 2.67. The first kappa shape index (κ1) is 23.2. The molecule has 0 bridgehead atoms. The van der Waals surface area contributed by atoms with Crippen LogP contribution in [0.25, 0.3) is 5.82 Å². The highest BCUT2D eigenvalue weighted by Gasteiger charge is 2.43. The highest BCUT2D eigenvalue weighted by molar-refractivity contribution is 5.80. The number of nitrogens with one attached hydrogen (secondary N) is 1. The van der Waals surface area contributed by atoms with Gasteiger partial charge in [-0.15, -0.1) is 0 Å². The largest absolute Gasteiger partial charge is 0.444 e. The van der Waals surface area contributed by atoms with Crippen LogP contribution in [0.4, 0.5) is 9.18 Å². The van der Waals surface area contributed by atoms with Gasteiger partial charge in [-0.25, -0.2) is 18.9 Å². The molecule has 178 valence electrons. The van der Waals surface area contributed by atoms with Crippen LogP contribution in [0.2, 0.25) is 0 Å². The molecule has 2 saturated heterocycles. The Labute approximate surface area is 192 Å². The summed E-state index contributed by atoms with van der Waals surface area (Å²) in [5, 5.41) is 7.12. The molecule has 9 nitrogen and oxygen atoms in total. The molecular formula is C23H31FN6O3. The van der Waals surface area contributed by atoms with Crippen molar-refractivity contribution in [3.8, 4) is 5.82 Å². The lowest BCUT2D eigenvalue weighted by molar-refractivity contribution is -0.130. The second-order valence-electron chi connectivity index (χ2n) is 9.93. The second kappa shape index (κ2) is 8.74. The third-order valence-corrected chi connectivity index (χ3v) is 6.22. The molecule has 0 radical (unpaired) electrons. The van der Waals surface area contributed by atoms with Gasteiger partial charge in [-0.3, -0.25) is 9.69 Å². The van der Waals surface area contributed by atoms with Crippen molar-refractivity contribution >= 4 is 12.0 Å². The Morgan fingerprint density at radius 2 is 1.97 bits per heavy atom. The van der Waals surface area contributed by atoms with E-state index in [1.807, 2.05) is 33.8 Å². The number of hydrogen-bond acceptors (Lipinski definition) is 6. The van der Waals surface area contributed by atoms with E-state index in [2.05, 4.69) is 20.3 Å². The van der Waals surface area contributed by atoms with Gasteiger partial charge in [0.05, 0.1) is 24.5 Å². The first-order chi connectivity index (χ1) is 15.5. The Balaban J connectivity index is 1.41. The summed E-state index contributed by atoms with van der Waals surface area (Å²) < 4.78 is 20.1. The van der Waals surface area contributed by atoms with Crippen molar-refractivity contribution in [3.05, 3.63) is 42.1 Å². The monoisotopic (exact) mass is 458 g/mol. The van der Waals surface area contributed by atoms with Gasteiger partial charge in [-0.1, -0.05) is 6.07 Å². The molecule has 1 N–H and O–H groups in total. The maximum Gasteiger partial charge on any atom is 0.410 e. The van der Waals surface area contributed by atoms with Crippen LogP contribution in [0.15, 0.2) is 30.7 Å². The third kappa shape index (κ3) is 5.32. The van der Waals surface area contributed by atoms with Gasteiger partial charge in [0.25, 0.3) is 0 Å². The number of ether oxygens (including phenoxy) is 1. The number of hydrogen-bond donors (Lipinski definition) is 1. The minimum absolute atomic E-state index is 0.0181. The van der Waals surface area contributed by atoms with Gasteiger partial charge >= 0.3 is 6.09 Å². The third-order valence-electron chi connectivity index (χ3n) is 6.22. The van der Waals surface area contributed by atoms with Crippen LogP contribution in [-0.4, -0.2) is 73.9 Å². The van der Waals surface area contributed by atoms with Crippen LogP contribution in [-0.2, 0) is 9.53 Å². The molecule has 33 heavy (non-hydrogen) atoms. The summed E-state index contributed by atoms with van der Waals surface area (Å²) in [4.78, 5) is 33.3. The number of amides is 2. The number of piperazine rings is 1. The SMILES string of the molecule is C[C@@H](c1ccc(-n2cc(F)cn2)nc1)N1CC(=O)NC2(CCN(C(=O)OC(C)(C)C)CC2)C1. The quantitative estimate of drug-likeness (QED) is 0.760. The number of rotatable bonds is 3. The molecule has 10 heteroatoms. The molecule has 0 aliphatic carbocycles. The first-order valence-corrected chi connectivity index (χ1v) is 11.2. The number of aromatic nitrogens is 3. The zero-order valence-electron chi connectivity index (χ0n) is 19.5. The summed E-state index contributed by atoms with van der Waals surface area (Å²) in [6.45, 7) is 9.66. The van der Waals surface area contributed by atoms with Gasteiger partial charge in [-0.05, 0) is 52.2 Å². The van der Waals surface area contributed by atoms with E-state index in [4.69, 9.17) is 4.74 Å². The average molecular weight is 459 g/mol. The summed E-state index contributed by atoms with van der Waals surface area (Å²) in [6, 6.07) is 3.68. The molecule has 4 rings (SSSR count). The lowest BCUT2D eigenvalue weighted by Gasteiger charge is -2.49. The van der Waals surface area contributed by atoms with Gasteiger partial charge < -0.3 is 15.0 Å². The Morgan fingerprint density at radius 1 is 1.24 bits per heavy atom. The van der Waals surface area contributed by atoms with Gasteiger partial charge in [0.15, 0.2) is 11.6 Å². The number of piperidine rings is 1. The fraction of sp³-hybridized carbons (Fsp3) is 0.565. The van der Waals surface area contributed by atoms with Crippen molar-refractivity contribution in [2.24, 2.45) is 0 Å². The van der Waals surface area contributed by atoms with Gasteiger partial charge in [0, 0.05) is 31.9 Å². The molecule has 0 aromatic carbocycles. The Kier molecular flexibility index (Phi) is 6.13. The highest BCUT2D eigenvalue weighted by atomic mass is 19.1. The number of pyridine rings is 1. The summed E-state index contributed by atoms with van der Waals surface area (Å²) in [6.07, 6.45) is 5.18. The molecular weight excluding hydrogens is 427 g/mol. The van der Waals surface area contributed by atoms with E-state index in [-0.39, 0.29) is 23.6 Å². The molecule has 2 aliphatic heterocycles. The number of likely N-dealkylation sites (tertiary alicyclic amines) is 1. The van der Waals surface area contributed by atoms with Crippen molar-refractivity contribution in [3.63, 3.8) is 0 Å². The van der Waals surface area contributed by atoms with E-state index in [1.165, 1.54) is 10.9 Å². The number of carbonyl (C=O) groups excluding carboxylic acids is 2. The lowest BCUT2D eigenvalue weighted by atomic mass is 9.84. The zero-order chi connectivity index (χ0) is 23.8. The van der Waals surface area contributed by atoms with Gasteiger partial charge in [0.2, 0.25) is 5.91 Å². The maximum atomic E-state index is 13.2. The minimum Gasteiger partial charge on any atom is -0.444 e. The number of nitrogens with zero attached hydrogens (tertiary/aromatic N) is 5. The smallest absolute Gasteiger partial charge is 0.410 e. The summed E-state index contributed by atoms with van der Waals surface area (Å²) in [5.41, 5.74) is 0.0526. The summed E-state index contributed by atoms with van der Waals surface area (Å²) in [7, 11) is 0. The molecule has 2 aliphatic rings. The molecule has 0 unspecified atom stereocenters. The molecule has 2 aromatic rings. The van der Waals surface area contributed by atoms with Crippen LogP contribution in [0, 0.1) is 5.82 Å². The zero-order valence-corrected chi connectivity index (χ0v) is 19.5. The lowest BCUT2D eigenvalue weighted by Crippen LogP contribution is -2.66. The van der Waals surface area contributed by atoms with Crippen molar-refractivity contribution < 1.29 is 18.7 Å². The van der Waals surface area contributed by atoms with Crippen LogP contribution >= 0.6 is 0 Å². The number of halogens is 1. The standard InChI is InChI=1S/C23H31FN6O3/c1-16(17-5-6-19(25-11-17)30-13-18(24)12-26-30)29-14-20(31)27-23(15-29)7-9-28(10-8-23)21(32)33-22(2,3)4/h5-6,11-13,16H,7-10,14-15H2,1-4H3,(H,27,31)/t16-/m0/s1. The van der Waals surface area contributed by atoms with Crippen LogP contribution in [0.5, 0.6) is 0 Å². The molecule has 1 atom stereocenters. The molecule has 4 heterocycles. The summed E-state index contributed by atoms with van der Waals surface area (Å²) in [5.74, 6) is 0.0872. The highest BCUT2D eigenvalue weighted by Crippen LogP contribution is 2.31. The van der Waals surface area contributed by atoms with Crippen molar-refractivity contribution in [1.29, 1.82) is 0 Å². The van der Waals surface area contributed by atoms with Crippen LogP contribution in [0.3, 0.4) is 0 Å². The van der Waals surface area contributed by atoms with Gasteiger partial charge in [-0.2, -0.15) is 5.10 Å². The predicted molar refractivity (Wildman–Crippen MR) is 119 cm³/mol. The van der Waals surface area contributed by atoms with E-state index in [1.54, 1.807) is 17.2 Å². The Hall–Kier alpha value is -3.01. The summed E-state index contributed by atoms with van der Waals surface area (Å²) >= 11 is 0. The molecule has 2 amide bonds. The molecule has 1 spiro atoms. The maximum absolute atomic E-state index is 13.2. The number of carbonyl (C=O) groups is 2. The van der Waals surface area contributed by atoms with E-state index >= 15 is 0 Å². The fourth-order valence-corrected chi connectivity index (χ4v) is 4.42. The fourth-order valence-electron chi connectivity index (χ4n) is 4.42. The van der Waals surface area contributed by atoms with E-state index in [0.717, 1.165) is 11.8 Å². The Bertz CT molecular complexity index is 1010. The molecule has 2 aromatic heterocycles. The van der Waals surface area contributed by atoms with Crippen molar-refractivity contribution in [1.82, 2.24) is 29.9 Å². The topological polar surface area (TPSA) is 92.6 Å². The van der Waals surface area contributed by atoms with Crippen LogP contribution < -0.4 is 5.32 Å². The molecule has 0 saturated carbocycles.